The minimum absolute atomic E-state index is 0.383. The van der Waals surface area contributed by atoms with E-state index in [2.05, 4.69) is 15.0 Å². The van der Waals surface area contributed by atoms with Crippen LogP contribution in [-0.2, 0) is 0 Å². The molecule has 5 nitrogen and oxygen atoms in total. The van der Waals surface area contributed by atoms with Gasteiger partial charge >= 0.3 is 0 Å². The molecule has 0 amide bonds. The van der Waals surface area contributed by atoms with E-state index in [0.29, 0.717) is 11.4 Å². The fourth-order valence-electron chi connectivity index (χ4n) is 3.84. The van der Waals surface area contributed by atoms with E-state index in [1.54, 1.807) is 7.11 Å². The molecular weight excluding hydrogens is 278 g/mol. The second-order valence-corrected chi connectivity index (χ2v) is 6.36. The van der Waals surface area contributed by atoms with E-state index < -0.39 is 0 Å². The summed E-state index contributed by atoms with van der Waals surface area (Å²) in [6.07, 6.45) is 5.52. The van der Waals surface area contributed by atoms with Gasteiger partial charge in [0.1, 0.15) is 11.4 Å². The fraction of sp³-hybridized carbons (Fsp3) is 0.647. The summed E-state index contributed by atoms with van der Waals surface area (Å²) in [7, 11) is 1.58. The average molecular weight is 303 g/mol. The Morgan fingerprint density at radius 3 is 2.41 bits per heavy atom. The Balaban J connectivity index is 1.71. The molecule has 120 valence electrons. The predicted octanol–water partition coefficient (Wildman–Crippen LogP) is 3.47. The van der Waals surface area contributed by atoms with Crippen molar-refractivity contribution in [3.63, 3.8) is 0 Å². The highest BCUT2D eigenvalue weighted by atomic mass is 16.5. The maximum Gasteiger partial charge on any atom is 0.150 e. The van der Waals surface area contributed by atoms with Crippen molar-refractivity contribution in [3.8, 4) is 5.75 Å². The molecule has 1 saturated carbocycles. The quantitative estimate of drug-likeness (QED) is 0.799. The summed E-state index contributed by atoms with van der Waals surface area (Å²) in [4.78, 5) is 15.9. The lowest BCUT2D eigenvalue weighted by Crippen LogP contribution is -2.49. The molecule has 2 aliphatic rings. The smallest absolute Gasteiger partial charge is 0.150 e. The van der Waals surface area contributed by atoms with Crippen molar-refractivity contribution < 1.29 is 4.74 Å². The molecule has 1 aliphatic heterocycles. The summed E-state index contributed by atoms with van der Waals surface area (Å²) in [5.41, 5.74) is 2.63. The Morgan fingerprint density at radius 2 is 1.82 bits per heavy atom. The number of nitroso groups, excluding NO2 is 1. The van der Waals surface area contributed by atoms with E-state index in [0.717, 1.165) is 43.5 Å². The summed E-state index contributed by atoms with van der Waals surface area (Å²) >= 11 is 0. The summed E-state index contributed by atoms with van der Waals surface area (Å²) in [5, 5.41) is 3.05. The number of hydrogen-bond acceptors (Lipinski definition) is 5. The SMILES string of the molecule is COc1cc(N2CCN(C3CCCC3)CC2)c(C)cc1N=O. The number of piperazine rings is 1. The molecule has 1 heterocycles. The van der Waals surface area contributed by atoms with Gasteiger partial charge in [-0.1, -0.05) is 12.8 Å². The standard InChI is InChI=1S/C17H25N3O2/c1-13-11-15(18-21)17(22-2)12-16(13)20-9-7-19(8-10-20)14-5-3-4-6-14/h11-12,14H,3-10H2,1-2H3. The van der Waals surface area contributed by atoms with E-state index in [-0.39, 0.29) is 0 Å². The second kappa shape index (κ2) is 6.65. The molecule has 1 aliphatic carbocycles. The zero-order chi connectivity index (χ0) is 15.5. The Morgan fingerprint density at radius 1 is 1.14 bits per heavy atom. The number of anilines is 1. The van der Waals surface area contributed by atoms with Gasteiger partial charge in [-0.25, -0.2) is 0 Å². The Labute approximate surface area is 132 Å². The molecule has 22 heavy (non-hydrogen) atoms. The molecule has 0 aromatic heterocycles. The van der Waals surface area contributed by atoms with Crippen LogP contribution >= 0.6 is 0 Å². The highest BCUT2D eigenvalue weighted by Gasteiger charge is 2.27. The van der Waals surface area contributed by atoms with Gasteiger partial charge < -0.3 is 9.64 Å². The van der Waals surface area contributed by atoms with Gasteiger partial charge in [0.25, 0.3) is 0 Å². The van der Waals surface area contributed by atoms with E-state index >= 15 is 0 Å². The maximum absolute atomic E-state index is 10.9. The molecule has 0 radical (unpaired) electrons. The van der Waals surface area contributed by atoms with Crippen LogP contribution in [0.25, 0.3) is 0 Å². The monoisotopic (exact) mass is 303 g/mol. The summed E-state index contributed by atoms with van der Waals surface area (Å²) < 4.78 is 5.29. The third kappa shape index (κ3) is 2.95. The first kappa shape index (κ1) is 15.3. The highest BCUT2D eigenvalue weighted by molar-refractivity contribution is 5.66. The second-order valence-electron chi connectivity index (χ2n) is 6.36. The minimum atomic E-state index is 0.383. The van der Waals surface area contributed by atoms with Gasteiger partial charge in [-0.05, 0) is 36.6 Å². The lowest BCUT2D eigenvalue weighted by molar-refractivity contribution is 0.187. The molecule has 5 heteroatoms. The zero-order valence-corrected chi connectivity index (χ0v) is 13.5. The van der Waals surface area contributed by atoms with Crippen LogP contribution in [0.2, 0.25) is 0 Å². The fourth-order valence-corrected chi connectivity index (χ4v) is 3.84. The van der Waals surface area contributed by atoms with Crippen LogP contribution in [0.4, 0.5) is 11.4 Å². The largest absolute Gasteiger partial charge is 0.494 e. The number of aryl methyl sites for hydroxylation is 1. The molecule has 0 spiro atoms. The van der Waals surface area contributed by atoms with Gasteiger partial charge in [-0.2, -0.15) is 0 Å². The van der Waals surface area contributed by atoms with Crippen molar-refractivity contribution >= 4 is 11.4 Å². The van der Waals surface area contributed by atoms with Crippen molar-refractivity contribution in [1.29, 1.82) is 0 Å². The van der Waals surface area contributed by atoms with Gasteiger partial charge in [-0.3, -0.25) is 4.90 Å². The van der Waals surface area contributed by atoms with Crippen LogP contribution in [0.5, 0.6) is 5.75 Å². The molecule has 1 aromatic carbocycles. The van der Waals surface area contributed by atoms with Crippen molar-refractivity contribution in [2.24, 2.45) is 5.18 Å². The summed E-state index contributed by atoms with van der Waals surface area (Å²) in [6.45, 7) is 6.36. The van der Waals surface area contributed by atoms with E-state index in [1.807, 2.05) is 19.1 Å². The van der Waals surface area contributed by atoms with E-state index in [9.17, 15) is 4.91 Å². The van der Waals surface area contributed by atoms with Crippen LogP contribution in [0.1, 0.15) is 31.2 Å². The van der Waals surface area contributed by atoms with E-state index in [4.69, 9.17) is 4.74 Å². The summed E-state index contributed by atoms with van der Waals surface area (Å²) in [5.74, 6) is 0.564. The molecule has 0 bridgehead atoms. The summed E-state index contributed by atoms with van der Waals surface area (Å²) in [6, 6.07) is 4.58. The predicted molar refractivity (Wildman–Crippen MR) is 89.2 cm³/mol. The van der Waals surface area contributed by atoms with Crippen LogP contribution in [0, 0.1) is 11.8 Å². The zero-order valence-electron chi connectivity index (χ0n) is 13.5. The van der Waals surface area contributed by atoms with E-state index in [1.165, 1.54) is 25.7 Å². The minimum Gasteiger partial charge on any atom is -0.494 e. The van der Waals surface area contributed by atoms with Crippen molar-refractivity contribution in [2.75, 3.05) is 38.2 Å². The molecule has 0 unspecified atom stereocenters. The number of ether oxygens (including phenoxy) is 1. The highest BCUT2D eigenvalue weighted by Crippen LogP contribution is 2.35. The number of methoxy groups -OCH3 is 1. The number of hydrogen-bond donors (Lipinski definition) is 0. The molecule has 0 N–H and O–H groups in total. The lowest BCUT2D eigenvalue weighted by Gasteiger charge is -2.39. The van der Waals surface area contributed by atoms with Gasteiger partial charge in [0.2, 0.25) is 0 Å². The number of nitrogens with zero attached hydrogens (tertiary/aromatic N) is 3. The number of rotatable bonds is 4. The first-order chi connectivity index (χ1) is 10.7. The Kier molecular flexibility index (Phi) is 4.62. The van der Waals surface area contributed by atoms with Gasteiger partial charge in [0.05, 0.1) is 7.11 Å². The Bertz CT molecular complexity index is 533. The van der Waals surface area contributed by atoms with Crippen molar-refractivity contribution in [3.05, 3.63) is 22.6 Å². The molecule has 1 aromatic rings. The van der Waals surface area contributed by atoms with Crippen LogP contribution in [0.15, 0.2) is 17.3 Å². The molecular formula is C17H25N3O2. The van der Waals surface area contributed by atoms with Crippen molar-refractivity contribution in [2.45, 2.75) is 38.6 Å². The van der Waals surface area contributed by atoms with Crippen LogP contribution < -0.4 is 9.64 Å². The average Bonchev–Trinajstić information content (AvgIpc) is 3.09. The molecule has 1 saturated heterocycles. The van der Waals surface area contributed by atoms with Gasteiger partial charge in [0.15, 0.2) is 0 Å². The lowest BCUT2D eigenvalue weighted by atomic mass is 10.1. The van der Waals surface area contributed by atoms with Gasteiger partial charge in [-0.15, -0.1) is 4.91 Å². The number of benzene rings is 1. The van der Waals surface area contributed by atoms with Crippen LogP contribution in [-0.4, -0.2) is 44.2 Å². The first-order valence-corrected chi connectivity index (χ1v) is 8.24. The molecule has 2 fully saturated rings. The topological polar surface area (TPSA) is 45.1 Å². The molecule has 3 rings (SSSR count). The third-order valence-electron chi connectivity index (χ3n) is 5.09. The van der Waals surface area contributed by atoms with Crippen LogP contribution in [0.3, 0.4) is 0 Å². The van der Waals surface area contributed by atoms with Crippen molar-refractivity contribution in [1.82, 2.24) is 4.90 Å². The first-order valence-electron chi connectivity index (χ1n) is 8.24. The molecule has 0 atom stereocenters. The maximum atomic E-state index is 10.9. The normalized spacial score (nSPS) is 20.4. The third-order valence-corrected chi connectivity index (χ3v) is 5.09. The van der Waals surface area contributed by atoms with Gasteiger partial charge in [0, 0.05) is 44.0 Å². The Hall–Kier alpha value is -1.62.